The molecule has 0 aromatic heterocycles. The minimum atomic E-state index is -0.409. The van der Waals surface area contributed by atoms with Gasteiger partial charge in [-0.05, 0) is 25.2 Å². The lowest BCUT2D eigenvalue weighted by Crippen LogP contribution is -2.06. The number of hydrogen-bond donors (Lipinski definition) is 1. The molecule has 0 amide bonds. The molecule has 0 bridgehead atoms. The van der Waals surface area contributed by atoms with Crippen LogP contribution in [0.15, 0.2) is 42.5 Å². The van der Waals surface area contributed by atoms with Crippen LogP contribution in [0.5, 0.6) is 11.5 Å². The lowest BCUT2D eigenvalue weighted by atomic mass is 10.2. The number of hydrogen-bond acceptors (Lipinski definition) is 2. The molecule has 0 saturated carbocycles. The fraction of sp³-hybridized carbons (Fsp3) is 0.143. The number of para-hydroxylation sites is 2. The maximum Gasteiger partial charge on any atom is 0.165 e. The maximum atomic E-state index is 13.5. The monoisotopic (exact) mass is 265 g/mol. The number of halogens is 2. The first kappa shape index (κ1) is 12.9. The highest BCUT2D eigenvalue weighted by molar-refractivity contribution is 6.32. The van der Waals surface area contributed by atoms with Crippen molar-refractivity contribution in [2.45, 2.75) is 6.54 Å². The summed E-state index contributed by atoms with van der Waals surface area (Å²) in [5.41, 5.74) is 0.883. The third-order valence-corrected chi connectivity index (χ3v) is 2.76. The Morgan fingerprint density at radius 3 is 2.67 bits per heavy atom. The zero-order chi connectivity index (χ0) is 13.0. The number of benzene rings is 2. The topological polar surface area (TPSA) is 21.3 Å². The van der Waals surface area contributed by atoms with Gasteiger partial charge in [-0.3, -0.25) is 0 Å². The highest BCUT2D eigenvalue weighted by atomic mass is 35.5. The van der Waals surface area contributed by atoms with E-state index in [1.54, 1.807) is 24.3 Å². The predicted octanol–water partition coefficient (Wildman–Crippen LogP) is 3.99. The fourth-order valence-corrected chi connectivity index (χ4v) is 1.87. The summed E-state index contributed by atoms with van der Waals surface area (Å²) in [4.78, 5) is 0. The van der Waals surface area contributed by atoms with Gasteiger partial charge in [0.1, 0.15) is 0 Å². The van der Waals surface area contributed by atoms with E-state index in [1.807, 2.05) is 19.2 Å². The van der Waals surface area contributed by atoms with Gasteiger partial charge in [0.25, 0.3) is 0 Å². The summed E-state index contributed by atoms with van der Waals surface area (Å²) in [6.07, 6.45) is 0. The molecule has 2 aromatic rings. The van der Waals surface area contributed by atoms with Crippen molar-refractivity contribution < 1.29 is 9.13 Å². The van der Waals surface area contributed by atoms with Gasteiger partial charge in [0.2, 0.25) is 0 Å². The molecule has 2 nitrogen and oxygen atoms in total. The third-order valence-electron chi connectivity index (χ3n) is 2.46. The van der Waals surface area contributed by atoms with Crippen LogP contribution in [0.3, 0.4) is 0 Å². The van der Waals surface area contributed by atoms with Crippen LogP contribution < -0.4 is 10.1 Å². The molecule has 18 heavy (non-hydrogen) atoms. The molecule has 1 N–H and O–H groups in total. The Labute approximate surface area is 110 Å². The predicted molar refractivity (Wildman–Crippen MR) is 70.7 cm³/mol. The fourth-order valence-electron chi connectivity index (χ4n) is 1.63. The van der Waals surface area contributed by atoms with E-state index in [-0.39, 0.29) is 5.75 Å². The first-order chi connectivity index (χ1) is 8.72. The van der Waals surface area contributed by atoms with Crippen molar-refractivity contribution in [3.8, 4) is 11.5 Å². The lowest BCUT2D eigenvalue weighted by Gasteiger charge is -2.13. The van der Waals surface area contributed by atoms with Crippen molar-refractivity contribution in [3.05, 3.63) is 58.9 Å². The largest absolute Gasteiger partial charge is 0.452 e. The molecule has 0 unspecified atom stereocenters. The normalized spacial score (nSPS) is 10.4. The second-order valence-electron chi connectivity index (χ2n) is 3.79. The average Bonchev–Trinajstić information content (AvgIpc) is 2.36. The molecule has 0 spiro atoms. The van der Waals surface area contributed by atoms with Gasteiger partial charge in [-0.25, -0.2) is 4.39 Å². The second-order valence-corrected chi connectivity index (χ2v) is 4.20. The molecule has 0 aliphatic heterocycles. The molecule has 0 heterocycles. The van der Waals surface area contributed by atoms with Gasteiger partial charge in [0.05, 0.1) is 5.02 Å². The Morgan fingerprint density at radius 2 is 1.94 bits per heavy atom. The van der Waals surface area contributed by atoms with Gasteiger partial charge < -0.3 is 10.1 Å². The molecule has 0 atom stereocenters. The Balaban J connectivity index is 2.36. The highest BCUT2D eigenvalue weighted by Gasteiger charge is 2.11. The van der Waals surface area contributed by atoms with Crippen LogP contribution in [-0.4, -0.2) is 7.05 Å². The summed E-state index contributed by atoms with van der Waals surface area (Å²) in [6.45, 7) is 0.602. The van der Waals surface area contributed by atoms with Crippen LogP contribution in [0.1, 0.15) is 5.56 Å². The van der Waals surface area contributed by atoms with Crippen molar-refractivity contribution in [2.24, 2.45) is 0 Å². The van der Waals surface area contributed by atoms with E-state index in [9.17, 15) is 4.39 Å². The van der Waals surface area contributed by atoms with E-state index in [1.165, 1.54) is 6.07 Å². The van der Waals surface area contributed by atoms with Crippen molar-refractivity contribution >= 4 is 11.6 Å². The van der Waals surface area contributed by atoms with Crippen LogP contribution >= 0.6 is 11.6 Å². The minimum Gasteiger partial charge on any atom is -0.452 e. The van der Waals surface area contributed by atoms with Crippen molar-refractivity contribution in [1.29, 1.82) is 0 Å². The SMILES string of the molecule is CNCc1cccc(Cl)c1Oc1ccccc1F. The third kappa shape index (κ3) is 2.81. The first-order valence-corrected chi connectivity index (χ1v) is 5.94. The van der Waals surface area contributed by atoms with Crippen LogP contribution in [0.25, 0.3) is 0 Å². The van der Waals surface area contributed by atoms with Crippen molar-refractivity contribution in [2.75, 3.05) is 7.05 Å². The van der Waals surface area contributed by atoms with E-state index in [2.05, 4.69) is 5.32 Å². The second kappa shape index (κ2) is 5.85. The van der Waals surface area contributed by atoms with E-state index in [4.69, 9.17) is 16.3 Å². The average molecular weight is 266 g/mol. The Morgan fingerprint density at radius 1 is 1.17 bits per heavy atom. The van der Waals surface area contributed by atoms with Gasteiger partial charge in [-0.15, -0.1) is 0 Å². The molecular formula is C14H13ClFNO. The summed E-state index contributed by atoms with van der Waals surface area (Å²) in [7, 11) is 1.83. The first-order valence-electron chi connectivity index (χ1n) is 5.56. The zero-order valence-electron chi connectivity index (χ0n) is 9.91. The molecule has 0 saturated heterocycles. The van der Waals surface area contributed by atoms with Crippen LogP contribution in [-0.2, 0) is 6.54 Å². The molecule has 2 aromatic carbocycles. The highest BCUT2D eigenvalue weighted by Crippen LogP contribution is 2.33. The van der Waals surface area contributed by atoms with Crippen molar-refractivity contribution in [1.82, 2.24) is 5.32 Å². The van der Waals surface area contributed by atoms with E-state index >= 15 is 0 Å². The minimum absolute atomic E-state index is 0.169. The quantitative estimate of drug-likeness (QED) is 0.902. The Hall–Kier alpha value is -1.58. The van der Waals surface area contributed by atoms with Crippen LogP contribution in [0.2, 0.25) is 5.02 Å². The van der Waals surface area contributed by atoms with Gasteiger partial charge in [0.15, 0.2) is 17.3 Å². The van der Waals surface area contributed by atoms with Gasteiger partial charge in [0, 0.05) is 12.1 Å². The molecule has 94 valence electrons. The van der Waals surface area contributed by atoms with Gasteiger partial charge in [-0.1, -0.05) is 35.9 Å². The molecule has 4 heteroatoms. The summed E-state index contributed by atoms with van der Waals surface area (Å²) in [5.74, 6) is 0.245. The van der Waals surface area contributed by atoms with E-state index in [0.717, 1.165) is 5.56 Å². The summed E-state index contributed by atoms with van der Waals surface area (Å²) >= 11 is 6.09. The number of nitrogens with one attached hydrogen (secondary N) is 1. The number of ether oxygens (including phenoxy) is 1. The molecule has 0 aliphatic carbocycles. The van der Waals surface area contributed by atoms with Crippen molar-refractivity contribution in [3.63, 3.8) is 0 Å². The van der Waals surface area contributed by atoms with Gasteiger partial charge >= 0.3 is 0 Å². The summed E-state index contributed by atoms with van der Waals surface area (Å²) in [5, 5.41) is 3.48. The van der Waals surface area contributed by atoms with Crippen LogP contribution in [0, 0.1) is 5.82 Å². The molecular weight excluding hydrogens is 253 g/mol. The lowest BCUT2D eigenvalue weighted by molar-refractivity contribution is 0.437. The standard InChI is InChI=1S/C14H13ClFNO/c1-17-9-10-5-4-6-11(15)14(10)18-13-8-3-2-7-12(13)16/h2-8,17H,9H2,1H3. The summed E-state index contributed by atoms with van der Waals surface area (Å²) in [6, 6.07) is 11.7. The zero-order valence-corrected chi connectivity index (χ0v) is 10.7. The number of rotatable bonds is 4. The van der Waals surface area contributed by atoms with E-state index < -0.39 is 5.82 Å². The Kier molecular flexibility index (Phi) is 4.18. The van der Waals surface area contributed by atoms with Gasteiger partial charge in [-0.2, -0.15) is 0 Å². The molecule has 0 aliphatic rings. The maximum absolute atomic E-state index is 13.5. The smallest absolute Gasteiger partial charge is 0.165 e. The van der Waals surface area contributed by atoms with E-state index in [0.29, 0.717) is 17.3 Å². The molecule has 2 rings (SSSR count). The Bertz CT molecular complexity index is 545. The molecule has 0 radical (unpaired) electrons. The summed E-state index contributed by atoms with van der Waals surface area (Å²) < 4.78 is 19.1. The van der Waals surface area contributed by atoms with Crippen LogP contribution in [0.4, 0.5) is 4.39 Å². The molecule has 0 fully saturated rings.